The Bertz CT molecular complexity index is 789. The lowest BCUT2D eigenvalue weighted by Gasteiger charge is -2.14. The molecule has 0 bridgehead atoms. The number of phenolic OH excluding ortho intramolecular Hbond substituents is 1. The molecule has 0 radical (unpaired) electrons. The normalized spacial score (nSPS) is 12.5. The number of phenols is 1. The molecule has 0 saturated carbocycles. The molecule has 3 nitrogen and oxygen atoms in total. The number of aromatic hydroxyl groups is 1. The molecule has 3 heteroatoms. The van der Waals surface area contributed by atoms with Crippen molar-refractivity contribution in [2.45, 2.75) is 26.8 Å². The Kier molecular flexibility index (Phi) is 3.34. The van der Waals surface area contributed by atoms with Gasteiger partial charge in [0.15, 0.2) is 0 Å². The molecule has 0 aliphatic rings. The lowest BCUT2D eigenvalue weighted by molar-refractivity contribution is 0.471. The molecular weight excluding hydrogens is 262 g/mol. The largest absolute Gasteiger partial charge is 0.508 e. The number of benzene rings is 2. The number of para-hydroxylation sites is 1. The molecule has 0 fully saturated rings. The van der Waals surface area contributed by atoms with E-state index in [0.29, 0.717) is 5.75 Å². The predicted octanol–water partition coefficient (Wildman–Crippen LogP) is 4.93. The summed E-state index contributed by atoms with van der Waals surface area (Å²) in [5.41, 5.74) is 3.81. The summed E-state index contributed by atoms with van der Waals surface area (Å²) in [5, 5.41) is 14.3. The zero-order chi connectivity index (χ0) is 15.0. The van der Waals surface area contributed by atoms with Crippen LogP contribution < -0.4 is 5.32 Å². The number of rotatable bonds is 3. The van der Waals surface area contributed by atoms with Crippen LogP contribution in [0.5, 0.6) is 5.75 Å². The van der Waals surface area contributed by atoms with Gasteiger partial charge in [-0.05, 0) is 38.5 Å². The number of aryl methyl sites for hydroxylation is 2. The molecule has 108 valence electrons. The van der Waals surface area contributed by atoms with Crippen LogP contribution in [0.1, 0.15) is 29.9 Å². The zero-order valence-corrected chi connectivity index (χ0v) is 12.5. The van der Waals surface area contributed by atoms with Gasteiger partial charge >= 0.3 is 0 Å². The van der Waals surface area contributed by atoms with E-state index in [4.69, 9.17) is 4.42 Å². The summed E-state index contributed by atoms with van der Waals surface area (Å²) in [6.07, 6.45) is 0. The minimum Gasteiger partial charge on any atom is -0.508 e. The van der Waals surface area contributed by atoms with Crippen molar-refractivity contribution in [1.29, 1.82) is 0 Å². The lowest BCUT2D eigenvalue weighted by Crippen LogP contribution is -2.06. The Hall–Kier alpha value is -2.42. The van der Waals surface area contributed by atoms with Gasteiger partial charge in [0.2, 0.25) is 0 Å². The predicted molar refractivity (Wildman–Crippen MR) is 85.8 cm³/mol. The van der Waals surface area contributed by atoms with Crippen LogP contribution in [0, 0.1) is 13.8 Å². The Morgan fingerprint density at radius 2 is 1.86 bits per heavy atom. The third-order valence-electron chi connectivity index (χ3n) is 3.87. The number of fused-ring (bicyclic) bond motifs is 1. The van der Waals surface area contributed by atoms with Crippen molar-refractivity contribution < 1.29 is 9.52 Å². The van der Waals surface area contributed by atoms with Gasteiger partial charge in [-0.2, -0.15) is 0 Å². The first-order valence-corrected chi connectivity index (χ1v) is 7.10. The highest BCUT2D eigenvalue weighted by molar-refractivity contribution is 5.82. The van der Waals surface area contributed by atoms with Crippen LogP contribution in [0.15, 0.2) is 46.9 Å². The molecule has 1 heterocycles. The molecular formula is C18H19NO2. The van der Waals surface area contributed by atoms with E-state index >= 15 is 0 Å². The molecule has 1 unspecified atom stereocenters. The van der Waals surface area contributed by atoms with Crippen molar-refractivity contribution in [3.63, 3.8) is 0 Å². The smallest absolute Gasteiger partial charge is 0.134 e. The van der Waals surface area contributed by atoms with E-state index in [0.717, 1.165) is 33.5 Å². The van der Waals surface area contributed by atoms with Crippen molar-refractivity contribution in [1.82, 2.24) is 0 Å². The number of anilines is 1. The molecule has 0 spiro atoms. The average molecular weight is 281 g/mol. The standard InChI is InChI=1S/C18H19NO2/c1-11-8-9-14(10-16(11)20)19-13(3)18-12(2)15-6-4-5-7-17(15)21-18/h4-10,13,19-20H,1-3H3. The second-order valence-electron chi connectivity index (χ2n) is 5.45. The summed E-state index contributed by atoms with van der Waals surface area (Å²) in [7, 11) is 0. The number of hydrogen-bond donors (Lipinski definition) is 2. The molecule has 0 aliphatic carbocycles. The summed E-state index contributed by atoms with van der Waals surface area (Å²) >= 11 is 0. The van der Waals surface area contributed by atoms with Crippen molar-refractivity contribution >= 4 is 16.7 Å². The van der Waals surface area contributed by atoms with Gasteiger partial charge < -0.3 is 14.8 Å². The summed E-state index contributed by atoms with van der Waals surface area (Å²) < 4.78 is 5.96. The Morgan fingerprint density at radius 3 is 2.57 bits per heavy atom. The van der Waals surface area contributed by atoms with Gasteiger partial charge in [-0.15, -0.1) is 0 Å². The van der Waals surface area contributed by atoms with Gasteiger partial charge in [-0.3, -0.25) is 0 Å². The van der Waals surface area contributed by atoms with Crippen LogP contribution in [-0.4, -0.2) is 5.11 Å². The van der Waals surface area contributed by atoms with Crippen LogP contribution in [-0.2, 0) is 0 Å². The van der Waals surface area contributed by atoms with Crippen molar-refractivity contribution in [3.8, 4) is 5.75 Å². The first-order valence-electron chi connectivity index (χ1n) is 7.10. The fourth-order valence-corrected chi connectivity index (χ4v) is 2.62. The average Bonchev–Trinajstić information content (AvgIpc) is 2.81. The fourth-order valence-electron chi connectivity index (χ4n) is 2.62. The van der Waals surface area contributed by atoms with Gasteiger partial charge in [-0.25, -0.2) is 0 Å². The maximum absolute atomic E-state index is 9.79. The molecule has 3 rings (SSSR count). The summed E-state index contributed by atoms with van der Waals surface area (Å²) in [4.78, 5) is 0. The Morgan fingerprint density at radius 1 is 1.10 bits per heavy atom. The van der Waals surface area contributed by atoms with Gasteiger partial charge in [0.25, 0.3) is 0 Å². The molecule has 1 aromatic heterocycles. The second kappa shape index (κ2) is 5.17. The number of hydrogen-bond acceptors (Lipinski definition) is 3. The topological polar surface area (TPSA) is 45.4 Å². The molecule has 3 aromatic rings. The maximum atomic E-state index is 9.79. The first-order chi connectivity index (χ1) is 10.1. The Balaban J connectivity index is 1.91. The first kappa shape index (κ1) is 13.6. The maximum Gasteiger partial charge on any atom is 0.134 e. The summed E-state index contributed by atoms with van der Waals surface area (Å²) in [6, 6.07) is 13.7. The van der Waals surface area contributed by atoms with E-state index in [1.807, 2.05) is 37.3 Å². The second-order valence-corrected chi connectivity index (χ2v) is 5.45. The van der Waals surface area contributed by atoms with Crippen LogP contribution in [0.2, 0.25) is 0 Å². The molecule has 2 aromatic carbocycles. The highest BCUT2D eigenvalue weighted by Crippen LogP contribution is 2.31. The van der Waals surface area contributed by atoms with E-state index < -0.39 is 0 Å². The van der Waals surface area contributed by atoms with E-state index in [1.165, 1.54) is 0 Å². The molecule has 0 aliphatic heterocycles. The molecule has 1 atom stereocenters. The van der Waals surface area contributed by atoms with Crippen LogP contribution in [0.25, 0.3) is 11.0 Å². The van der Waals surface area contributed by atoms with Gasteiger partial charge in [0.05, 0.1) is 6.04 Å². The quantitative estimate of drug-likeness (QED) is 0.715. The third-order valence-corrected chi connectivity index (χ3v) is 3.87. The highest BCUT2D eigenvalue weighted by Gasteiger charge is 2.16. The van der Waals surface area contributed by atoms with Gasteiger partial charge in [0.1, 0.15) is 17.1 Å². The number of furan rings is 1. The van der Waals surface area contributed by atoms with E-state index in [-0.39, 0.29) is 6.04 Å². The third kappa shape index (κ3) is 2.47. The van der Waals surface area contributed by atoms with Gasteiger partial charge in [-0.1, -0.05) is 24.3 Å². The molecule has 2 N–H and O–H groups in total. The molecule has 0 amide bonds. The minimum absolute atomic E-state index is 0.0273. The van der Waals surface area contributed by atoms with E-state index in [1.54, 1.807) is 6.07 Å². The van der Waals surface area contributed by atoms with Crippen molar-refractivity contribution in [3.05, 3.63) is 59.4 Å². The highest BCUT2D eigenvalue weighted by atomic mass is 16.3. The fraction of sp³-hybridized carbons (Fsp3) is 0.222. The summed E-state index contributed by atoms with van der Waals surface area (Å²) in [5.74, 6) is 1.23. The van der Waals surface area contributed by atoms with E-state index in [2.05, 4.69) is 25.2 Å². The van der Waals surface area contributed by atoms with Crippen molar-refractivity contribution in [2.24, 2.45) is 0 Å². The molecule has 21 heavy (non-hydrogen) atoms. The molecule has 0 saturated heterocycles. The SMILES string of the molecule is Cc1ccc(NC(C)c2oc3ccccc3c2C)cc1O. The zero-order valence-electron chi connectivity index (χ0n) is 12.5. The minimum atomic E-state index is 0.0273. The van der Waals surface area contributed by atoms with Gasteiger partial charge in [0, 0.05) is 22.7 Å². The van der Waals surface area contributed by atoms with Crippen LogP contribution >= 0.6 is 0 Å². The number of nitrogens with one attached hydrogen (secondary N) is 1. The van der Waals surface area contributed by atoms with E-state index in [9.17, 15) is 5.11 Å². The monoisotopic (exact) mass is 281 g/mol. The van der Waals surface area contributed by atoms with Crippen LogP contribution in [0.4, 0.5) is 5.69 Å². The lowest BCUT2D eigenvalue weighted by atomic mass is 10.1. The van der Waals surface area contributed by atoms with Crippen molar-refractivity contribution in [2.75, 3.05) is 5.32 Å². The Labute approximate surface area is 124 Å². The van der Waals surface area contributed by atoms with Crippen LogP contribution in [0.3, 0.4) is 0 Å². The summed E-state index contributed by atoms with van der Waals surface area (Å²) in [6.45, 7) is 6.01.